The number of anilines is 1. The number of halogens is 1. The summed E-state index contributed by atoms with van der Waals surface area (Å²) in [6.07, 6.45) is 0.782. The SMILES string of the molecule is Cc1cccc(NC(=O)CCCNC(=O)c2ccc(F)cc2)n1. The molecule has 1 aromatic heterocycles. The van der Waals surface area contributed by atoms with Gasteiger partial charge in [0.05, 0.1) is 0 Å². The highest BCUT2D eigenvalue weighted by Crippen LogP contribution is 2.05. The first-order chi connectivity index (χ1) is 11.0. The summed E-state index contributed by atoms with van der Waals surface area (Å²) < 4.78 is 12.8. The van der Waals surface area contributed by atoms with Crippen LogP contribution in [0.15, 0.2) is 42.5 Å². The number of carbonyl (C=O) groups is 2. The van der Waals surface area contributed by atoms with E-state index in [0.717, 1.165) is 5.69 Å². The molecule has 1 aromatic carbocycles. The van der Waals surface area contributed by atoms with Crippen molar-refractivity contribution in [3.63, 3.8) is 0 Å². The van der Waals surface area contributed by atoms with Crippen molar-refractivity contribution in [2.45, 2.75) is 19.8 Å². The maximum absolute atomic E-state index is 12.8. The molecule has 0 unspecified atom stereocenters. The van der Waals surface area contributed by atoms with Crippen molar-refractivity contribution >= 4 is 17.6 Å². The van der Waals surface area contributed by atoms with Gasteiger partial charge in [-0.05, 0) is 49.7 Å². The number of nitrogens with one attached hydrogen (secondary N) is 2. The molecule has 5 nitrogen and oxygen atoms in total. The summed E-state index contributed by atoms with van der Waals surface area (Å²) in [6, 6.07) is 10.7. The summed E-state index contributed by atoms with van der Waals surface area (Å²) in [6.45, 7) is 2.21. The minimum Gasteiger partial charge on any atom is -0.352 e. The lowest BCUT2D eigenvalue weighted by Crippen LogP contribution is -2.25. The van der Waals surface area contributed by atoms with Gasteiger partial charge in [-0.25, -0.2) is 9.37 Å². The molecular weight excluding hydrogens is 297 g/mol. The molecule has 0 bridgehead atoms. The number of aryl methyl sites for hydroxylation is 1. The van der Waals surface area contributed by atoms with Gasteiger partial charge >= 0.3 is 0 Å². The van der Waals surface area contributed by atoms with Crippen molar-refractivity contribution < 1.29 is 14.0 Å². The molecule has 2 N–H and O–H groups in total. The van der Waals surface area contributed by atoms with E-state index in [1.165, 1.54) is 24.3 Å². The first-order valence-corrected chi connectivity index (χ1v) is 7.32. The Morgan fingerprint density at radius 3 is 2.57 bits per heavy atom. The van der Waals surface area contributed by atoms with Gasteiger partial charge in [-0.1, -0.05) is 6.07 Å². The smallest absolute Gasteiger partial charge is 0.251 e. The molecule has 0 saturated carbocycles. The number of benzene rings is 1. The number of nitrogens with zero attached hydrogens (tertiary/aromatic N) is 1. The highest BCUT2D eigenvalue weighted by atomic mass is 19.1. The third kappa shape index (κ3) is 5.50. The summed E-state index contributed by atoms with van der Waals surface area (Å²) in [5, 5.41) is 5.39. The van der Waals surface area contributed by atoms with Gasteiger partial charge in [-0.2, -0.15) is 0 Å². The van der Waals surface area contributed by atoms with Crippen LogP contribution in [0.2, 0.25) is 0 Å². The first-order valence-electron chi connectivity index (χ1n) is 7.32. The summed E-state index contributed by atoms with van der Waals surface area (Å²) in [5.74, 6) is -0.307. The Bertz CT molecular complexity index is 686. The van der Waals surface area contributed by atoms with E-state index in [-0.39, 0.29) is 24.1 Å². The van der Waals surface area contributed by atoms with E-state index in [1.54, 1.807) is 6.07 Å². The Kier molecular flexibility index (Phi) is 5.80. The van der Waals surface area contributed by atoms with Crippen molar-refractivity contribution in [3.8, 4) is 0 Å². The molecule has 0 aliphatic carbocycles. The lowest BCUT2D eigenvalue weighted by molar-refractivity contribution is -0.116. The minimum absolute atomic E-state index is 0.154. The van der Waals surface area contributed by atoms with Crippen LogP contribution in [0.4, 0.5) is 10.2 Å². The fourth-order valence-electron chi connectivity index (χ4n) is 1.97. The molecule has 2 amide bonds. The zero-order chi connectivity index (χ0) is 16.7. The molecule has 0 aliphatic rings. The molecule has 0 aliphatic heterocycles. The van der Waals surface area contributed by atoms with E-state index < -0.39 is 0 Å². The number of carbonyl (C=O) groups excluding carboxylic acids is 2. The van der Waals surface area contributed by atoms with Crippen molar-refractivity contribution in [1.29, 1.82) is 0 Å². The van der Waals surface area contributed by atoms with Crippen molar-refractivity contribution in [1.82, 2.24) is 10.3 Å². The molecule has 0 saturated heterocycles. The van der Waals surface area contributed by atoms with Gasteiger partial charge in [0.15, 0.2) is 0 Å². The zero-order valence-electron chi connectivity index (χ0n) is 12.8. The Morgan fingerprint density at radius 2 is 1.87 bits per heavy atom. The molecule has 120 valence electrons. The maximum atomic E-state index is 12.8. The van der Waals surface area contributed by atoms with Crippen LogP contribution >= 0.6 is 0 Å². The third-order valence-electron chi connectivity index (χ3n) is 3.13. The average molecular weight is 315 g/mol. The number of pyridine rings is 1. The van der Waals surface area contributed by atoms with E-state index in [9.17, 15) is 14.0 Å². The van der Waals surface area contributed by atoms with E-state index >= 15 is 0 Å². The van der Waals surface area contributed by atoms with Crippen LogP contribution in [-0.2, 0) is 4.79 Å². The molecular formula is C17H18FN3O2. The number of amides is 2. The van der Waals surface area contributed by atoms with Gasteiger partial charge in [0.2, 0.25) is 5.91 Å². The molecule has 1 heterocycles. The molecule has 6 heteroatoms. The van der Waals surface area contributed by atoms with Crippen LogP contribution in [-0.4, -0.2) is 23.3 Å². The Hall–Kier alpha value is -2.76. The van der Waals surface area contributed by atoms with Crippen molar-refractivity contribution in [2.24, 2.45) is 0 Å². The Balaban J connectivity index is 1.69. The van der Waals surface area contributed by atoms with Crippen LogP contribution in [0.3, 0.4) is 0 Å². The predicted octanol–water partition coefficient (Wildman–Crippen LogP) is 2.68. The topological polar surface area (TPSA) is 71.1 Å². The van der Waals surface area contributed by atoms with Crippen LogP contribution in [0.25, 0.3) is 0 Å². The van der Waals surface area contributed by atoms with Crippen LogP contribution < -0.4 is 10.6 Å². The Labute approximate surface area is 133 Å². The van der Waals surface area contributed by atoms with Crippen LogP contribution in [0.5, 0.6) is 0 Å². The fraction of sp³-hybridized carbons (Fsp3) is 0.235. The number of aromatic nitrogens is 1. The molecule has 23 heavy (non-hydrogen) atoms. The summed E-state index contributed by atoms with van der Waals surface area (Å²) >= 11 is 0. The largest absolute Gasteiger partial charge is 0.352 e. The van der Waals surface area contributed by atoms with Crippen molar-refractivity contribution in [2.75, 3.05) is 11.9 Å². The normalized spacial score (nSPS) is 10.2. The standard InChI is InChI=1S/C17H18FN3O2/c1-12-4-2-5-15(20-12)21-16(22)6-3-11-19-17(23)13-7-9-14(18)10-8-13/h2,4-5,7-10H,3,6,11H2,1H3,(H,19,23)(H,20,21,22). The number of hydrogen-bond acceptors (Lipinski definition) is 3. The summed E-state index contributed by atoms with van der Waals surface area (Å²) in [5.41, 5.74) is 1.22. The zero-order valence-corrected chi connectivity index (χ0v) is 12.8. The summed E-state index contributed by atoms with van der Waals surface area (Å²) in [4.78, 5) is 27.7. The second-order valence-corrected chi connectivity index (χ2v) is 5.08. The molecule has 0 fully saturated rings. The second kappa shape index (κ2) is 8.03. The lowest BCUT2D eigenvalue weighted by atomic mass is 10.2. The lowest BCUT2D eigenvalue weighted by Gasteiger charge is -2.06. The summed E-state index contributed by atoms with van der Waals surface area (Å²) in [7, 11) is 0. The fourth-order valence-corrected chi connectivity index (χ4v) is 1.97. The van der Waals surface area contributed by atoms with E-state index in [1.807, 2.05) is 19.1 Å². The van der Waals surface area contributed by atoms with Gasteiger partial charge in [0, 0.05) is 24.2 Å². The molecule has 2 rings (SSSR count). The van der Waals surface area contributed by atoms with E-state index in [0.29, 0.717) is 24.3 Å². The van der Waals surface area contributed by atoms with E-state index in [4.69, 9.17) is 0 Å². The van der Waals surface area contributed by atoms with Gasteiger partial charge < -0.3 is 10.6 Å². The molecule has 2 aromatic rings. The van der Waals surface area contributed by atoms with Crippen molar-refractivity contribution in [3.05, 3.63) is 59.5 Å². The van der Waals surface area contributed by atoms with Gasteiger partial charge in [0.25, 0.3) is 5.91 Å². The highest BCUT2D eigenvalue weighted by molar-refractivity contribution is 5.94. The quantitative estimate of drug-likeness (QED) is 0.805. The molecule has 0 radical (unpaired) electrons. The van der Waals surface area contributed by atoms with E-state index in [2.05, 4.69) is 15.6 Å². The second-order valence-electron chi connectivity index (χ2n) is 5.08. The van der Waals surface area contributed by atoms with Gasteiger partial charge in [-0.3, -0.25) is 9.59 Å². The minimum atomic E-state index is -0.386. The van der Waals surface area contributed by atoms with Gasteiger partial charge in [-0.15, -0.1) is 0 Å². The third-order valence-corrected chi connectivity index (χ3v) is 3.13. The molecule has 0 spiro atoms. The van der Waals surface area contributed by atoms with Crippen LogP contribution in [0.1, 0.15) is 28.9 Å². The first kappa shape index (κ1) is 16.6. The highest BCUT2D eigenvalue weighted by Gasteiger charge is 2.06. The maximum Gasteiger partial charge on any atom is 0.251 e. The molecule has 0 atom stereocenters. The number of rotatable bonds is 6. The predicted molar refractivity (Wildman–Crippen MR) is 85.6 cm³/mol. The van der Waals surface area contributed by atoms with Crippen LogP contribution in [0, 0.1) is 12.7 Å². The van der Waals surface area contributed by atoms with Gasteiger partial charge in [0.1, 0.15) is 11.6 Å². The number of hydrogen-bond donors (Lipinski definition) is 2. The average Bonchev–Trinajstić information content (AvgIpc) is 2.52. The Morgan fingerprint density at radius 1 is 1.13 bits per heavy atom. The monoisotopic (exact) mass is 315 g/mol.